The van der Waals surface area contributed by atoms with E-state index in [1.54, 1.807) is 6.92 Å². The lowest BCUT2D eigenvalue weighted by atomic mass is 9.96. The molecule has 3 heterocycles. The summed E-state index contributed by atoms with van der Waals surface area (Å²) < 4.78 is 23.3. The third-order valence-electron chi connectivity index (χ3n) is 5.09. The van der Waals surface area contributed by atoms with Gasteiger partial charge < -0.3 is 20.3 Å². The highest BCUT2D eigenvalue weighted by molar-refractivity contribution is 7.58. The molecule has 5 N–H and O–H groups in total. The van der Waals surface area contributed by atoms with Crippen molar-refractivity contribution in [1.29, 1.82) is 0 Å². The third kappa shape index (κ3) is 5.06. The Balaban J connectivity index is 1.80. The maximum atomic E-state index is 12.3. The van der Waals surface area contributed by atoms with Crippen LogP contribution in [0.15, 0.2) is 17.1 Å². The van der Waals surface area contributed by atoms with Crippen molar-refractivity contribution in [2.45, 2.75) is 64.2 Å². The molecule has 0 amide bonds. The number of ether oxygens (including phenoxy) is 2. The van der Waals surface area contributed by atoms with Crippen LogP contribution in [0, 0.1) is 5.92 Å². The molecule has 0 aliphatic carbocycles. The maximum Gasteiger partial charge on any atom is 0.500 e. The normalized spacial score (nSPS) is 33.8. The first-order valence-electron chi connectivity index (χ1n) is 10.1. The van der Waals surface area contributed by atoms with Crippen LogP contribution < -0.4 is 16.5 Å². The summed E-state index contributed by atoms with van der Waals surface area (Å²) in [4.78, 5) is 39.2. The smallest absolute Gasteiger partial charge is 0.465 e. The fraction of sp³-hybridized carbons (Fsp3) is 0.722. The summed E-state index contributed by atoms with van der Waals surface area (Å²) in [5.41, 5.74) is 3.11. The molecule has 1 aromatic heterocycles. The van der Waals surface area contributed by atoms with E-state index in [1.165, 1.54) is 19.2 Å². The Kier molecular flexibility index (Phi) is 7.02. The molecule has 0 saturated carbocycles. The summed E-state index contributed by atoms with van der Waals surface area (Å²) in [6.07, 6.45) is -1.21. The SMILES string of the molecule is CCOC(=O)[C@H](CC(C)C)N[P+]1(O)OC[C@H]2O[C@@H](n3ccc(N)nc3=O)[C@](C)(O)[C@@H]2O1. The van der Waals surface area contributed by atoms with E-state index in [-0.39, 0.29) is 24.9 Å². The highest BCUT2D eigenvalue weighted by atomic mass is 31.2. The van der Waals surface area contributed by atoms with Crippen molar-refractivity contribution in [3.63, 3.8) is 0 Å². The quantitative estimate of drug-likeness (QED) is 0.322. The molecule has 31 heavy (non-hydrogen) atoms. The minimum absolute atomic E-state index is 0.0375. The zero-order valence-corrected chi connectivity index (χ0v) is 18.8. The number of carbonyl (C=O) groups excluding carboxylic acids is 1. The molecule has 1 aromatic rings. The topological polar surface area (TPSA) is 167 Å². The van der Waals surface area contributed by atoms with E-state index in [9.17, 15) is 19.6 Å². The molecule has 0 radical (unpaired) electrons. The molecule has 0 bridgehead atoms. The second-order valence-electron chi connectivity index (χ2n) is 8.20. The van der Waals surface area contributed by atoms with Crippen molar-refractivity contribution in [2.24, 2.45) is 5.92 Å². The maximum absolute atomic E-state index is 12.3. The third-order valence-corrected chi connectivity index (χ3v) is 6.74. The molecule has 2 saturated heterocycles. The van der Waals surface area contributed by atoms with Gasteiger partial charge in [0.2, 0.25) is 0 Å². The lowest BCUT2D eigenvalue weighted by molar-refractivity contribution is -0.146. The summed E-state index contributed by atoms with van der Waals surface area (Å²) in [6, 6.07) is 0.544. The number of aliphatic hydroxyl groups is 1. The largest absolute Gasteiger partial charge is 0.500 e. The van der Waals surface area contributed by atoms with Crippen LogP contribution in [0.25, 0.3) is 0 Å². The van der Waals surface area contributed by atoms with Crippen LogP contribution in [-0.4, -0.2) is 62.6 Å². The lowest BCUT2D eigenvalue weighted by Gasteiger charge is -2.34. The van der Waals surface area contributed by atoms with E-state index in [0.717, 1.165) is 4.57 Å². The Labute approximate surface area is 180 Å². The first kappa shape index (κ1) is 24.0. The minimum atomic E-state index is -3.75. The number of nitrogens with one attached hydrogen (secondary N) is 1. The summed E-state index contributed by atoms with van der Waals surface area (Å²) in [6.45, 7) is 7.03. The van der Waals surface area contributed by atoms with Gasteiger partial charge in [0.05, 0.1) is 6.61 Å². The number of nitrogen functional groups attached to an aromatic ring is 1. The molecule has 12 nitrogen and oxygen atoms in total. The van der Waals surface area contributed by atoms with Crippen LogP contribution in [0.2, 0.25) is 0 Å². The van der Waals surface area contributed by atoms with Gasteiger partial charge in [-0.2, -0.15) is 18.9 Å². The van der Waals surface area contributed by atoms with Crippen molar-refractivity contribution < 1.29 is 33.3 Å². The van der Waals surface area contributed by atoms with Crippen LogP contribution in [0.3, 0.4) is 0 Å². The van der Waals surface area contributed by atoms with Gasteiger partial charge in [-0.05, 0) is 32.3 Å². The van der Waals surface area contributed by atoms with E-state index >= 15 is 0 Å². The summed E-state index contributed by atoms with van der Waals surface area (Å²) in [5.74, 6) is -0.375. The highest BCUT2D eigenvalue weighted by Crippen LogP contribution is 2.61. The second-order valence-corrected chi connectivity index (χ2v) is 9.97. The monoisotopic (exact) mass is 461 g/mol. The van der Waals surface area contributed by atoms with Crippen LogP contribution in [0.1, 0.15) is 40.3 Å². The van der Waals surface area contributed by atoms with E-state index in [4.69, 9.17) is 24.3 Å². The Morgan fingerprint density at radius 3 is 2.87 bits per heavy atom. The van der Waals surface area contributed by atoms with Crippen molar-refractivity contribution in [1.82, 2.24) is 14.6 Å². The van der Waals surface area contributed by atoms with Gasteiger partial charge in [0.25, 0.3) is 0 Å². The van der Waals surface area contributed by atoms with E-state index in [2.05, 4.69) is 10.1 Å². The Morgan fingerprint density at radius 2 is 2.26 bits per heavy atom. The number of hydrogen-bond acceptors (Lipinski definition) is 11. The fourth-order valence-electron chi connectivity index (χ4n) is 3.68. The summed E-state index contributed by atoms with van der Waals surface area (Å²) in [5, 5.41) is 13.9. The Bertz CT molecular complexity index is 865. The molecule has 2 aliphatic heterocycles. The molecular weight excluding hydrogens is 431 g/mol. The zero-order chi connectivity index (χ0) is 23.0. The van der Waals surface area contributed by atoms with Crippen molar-refractivity contribution in [3.05, 3.63) is 22.7 Å². The van der Waals surface area contributed by atoms with Gasteiger partial charge in [-0.1, -0.05) is 13.8 Å². The van der Waals surface area contributed by atoms with Gasteiger partial charge in [0.1, 0.15) is 30.2 Å². The van der Waals surface area contributed by atoms with Gasteiger partial charge in [-0.15, -0.1) is 5.09 Å². The van der Waals surface area contributed by atoms with Gasteiger partial charge in [-0.25, -0.2) is 4.79 Å². The molecule has 0 spiro atoms. The zero-order valence-electron chi connectivity index (χ0n) is 17.9. The van der Waals surface area contributed by atoms with Crippen molar-refractivity contribution in [3.8, 4) is 0 Å². The molecule has 0 aromatic carbocycles. The fourth-order valence-corrected chi connectivity index (χ4v) is 5.49. The number of rotatable bonds is 7. The number of anilines is 1. The average molecular weight is 461 g/mol. The molecule has 3 rings (SSSR count). The van der Waals surface area contributed by atoms with Gasteiger partial charge in [0.15, 0.2) is 12.3 Å². The number of fused-ring (bicyclic) bond motifs is 1. The summed E-state index contributed by atoms with van der Waals surface area (Å²) in [7, 11) is -3.75. The number of hydrogen-bond donors (Lipinski definition) is 4. The summed E-state index contributed by atoms with van der Waals surface area (Å²) >= 11 is 0. The molecule has 6 atom stereocenters. The number of aromatic nitrogens is 2. The predicted octanol–water partition coefficient (Wildman–Crippen LogP) is 0.127. The van der Waals surface area contributed by atoms with Crippen LogP contribution >= 0.6 is 8.09 Å². The number of esters is 1. The average Bonchev–Trinajstić information content (AvgIpc) is 2.91. The molecule has 2 aliphatic rings. The first-order chi connectivity index (χ1) is 14.5. The van der Waals surface area contributed by atoms with E-state index < -0.39 is 49.8 Å². The standard InChI is InChI=1S/C18H29N4O8P/c1-5-27-15(23)11(8-10(2)3)21-31(26)28-9-12-14(30-31)18(4,25)16(29-12)22-7-6-13(19)20-17(22)24/h6-7,10-12,14,16,21,25-26H,5,8-9H2,1-4H3,(H-,19,20,24)/p+1/t11-,12+,14+,16+,18+,31?/m0/s1. The molecular formula is C18H30N4O8P+. The molecule has 13 heteroatoms. The van der Waals surface area contributed by atoms with Crippen molar-refractivity contribution in [2.75, 3.05) is 18.9 Å². The molecule has 2 fully saturated rings. The predicted molar refractivity (Wildman–Crippen MR) is 110 cm³/mol. The minimum Gasteiger partial charge on any atom is -0.465 e. The number of nitrogens with two attached hydrogens (primary N) is 1. The Hall–Kier alpha value is -1.66. The molecule has 1 unspecified atom stereocenters. The van der Waals surface area contributed by atoms with Gasteiger partial charge >= 0.3 is 19.8 Å². The van der Waals surface area contributed by atoms with Gasteiger partial charge in [-0.3, -0.25) is 9.36 Å². The molecule has 174 valence electrons. The van der Waals surface area contributed by atoms with Crippen molar-refractivity contribution >= 4 is 19.9 Å². The van der Waals surface area contributed by atoms with E-state index in [0.29, 0.717) is 6.42 Å². The van der Waals surface area contributed by atoms with E-state index in [1.807, 2.05) is 13.8 Å². The Morgan fingerprint density at radius 1 is 1.55 bits per heavy atom. The van der Waals surface area contributed by atoms with Gasteiger partial charge in [0, 0.05) is 6.20 Å². The van der Waals surface area contributed by atoms with Crippen LogP contribution in [-0.2, 0) is 23.3 Å². The van der Waals surface area contributed by atoms with Crippen LogP contribution in [0.5, 0.6) is 0 Å². The number of carbonyl (C=O) groups is 1. The first-order valence-corrected chi connectivity index (χ1v) is 11.7. The highest BCUT2D eigenvalue weighted by Gasteiger charge is 2.65. The second kappa shape index (κ2) is 9.07. The lowest BCUT2D eigenvalue weighted by Crippen LogP contribution is -2.52. The number of nitrogens with zero attached hydrogens (tertiary/aromatic N) is 2. The van der Waals surface area contributed by atoms with Crippen LogP contribution in [0.4, 0.5) is 5.82 Å².